The molecule has 8 rings (SSSR count). The third-order valence-corrected chi connectivity index (χ3v) is 13.6. The van der Waals surface area contributed by atoms with Crippen molar-refractivity contribution >= 4 is 46.6 Å². The zero-order valence-corrected chi connectivity index (χ0v) is 37.5. The molecule has 0 radical (unpaired) electrons. The number of ether oxygens (including phenoxy) is 2. The predicted molar refractivity (Wildman–Crippen MR) is 243 cm³/mol. The highest BCUT2D eigenvalue weighted by Crippen LogP contribution is 2.33. The van der Waals surface area contributed by atoms with Crippen LogP contribution in [0.15, 0.2) is 78.5 Å². The van der Waals surface area contributed by atoms with Crippen molar-refractivity contribution in [2.24, 2.45) is 11.8 Å². The van der Waals surface area contributed by atoms with E-state index in [2.05, 4.69) is 28.0 Å². The second-order valence-corrected chi connectivity index (χ2v) is 18.1. The van der Waals surface area contributed by atoms with Crippen LogP contribution in [0.3, 0.4) is 0 Å². The molecule has 0 spiro atoms. The normalized spacial score (nSPS) is 18.4. The maximum absolute atomic E-state index is 14.6. The van der Waals surface area contributed by atoms with Gasteiger partial charge in [0.2, 0.25) is 11.8 Å². The van der Waals surface area contributed by atoms with E-state index < -0.39 is 18.0 Å². The Bertz CT molecular complexity index is 2360. The van der Waals surface area contributed by atoms with E-state index in [0.29, 0.717) is 45.1 Å². The number of nitrogens with zero attached hydrogens (tertiary/aromatic N) is 7. The molecule has 1 aliphatic carbocycles. The fraction of sp³-hybridized carbons (Fsp3) is 0.480. The minimum atomic E-state index is -0.635. The summed E-state index contributed by atoms with van der Waals surface area (Å²) in [6.07, 6.45) is 7.85. The van der Waals surface area contributed by atoms with Crippen molar-refractivity contribution in [3.8, 4) is 0 Å². The molecule has 3 saturated heterocycles. The maximum Gasteiger partial charge on any atom is 0.410 e. The Morgan fingerprint density at radius 3 is 2.30 bits per heavy atom. The lowest BCUT2D eigenvalue weighted by Crippen LogP contribution is -2.55. The van der Waals surface area contributed by atoms with E-state index in [1.165, 1.54) is 7.05 Å². The van der Waals surface area contributed by atoms with Crippen LogP contribution in [0.1, 0.15) is 59.9 Å². The first-order chi connectivity index (χ1) is 31.0. The van der Waals surface area contributed by atoms with Crippen molar-refractivity contribution in [2.45, 2.75) is 71.2 Å². The van der Waals surface area contributed by atoms with Gasteiger partial charge in [0.15, 0.2) is 12.5 Å². The zero-order chi connectivity index (χ0) is 44.7. The number of benzene rings is 3. The largest absolute Gasteiger partial charge is 0.445 e. The Hall–Kier alpha value is -5.86. The number of hydrogen-bond acceptors (Lipinski definition) is 10. The zero-order valence-electron chi connectivity index (χ0n) is 37.5. The van der Waals surface area contributed by atoms with Crippen LogP contribution < -0.4 is 0 Å². The van der Waals surface area contributed by atoms with Crippen LogP contribution in [-0.2, 0) is 54.8 Å². The number of piperazine rings is 1. The number of allylic oxidation sites excluding steroid dienone is 1. The van der Waals surface area contributed by atoms with Gasteiger partial charge in [-0.25, -0.2) is 9.48 Å². The van der Waals surface area contributed by atoms with Crippen LogP contribution >= 0.6 is 0 Å². The van der Waals surface area contributed by atoms with Gasteiger partial charge in [-0.3, -0.25) is 24.1 Å². The van der Waals surface area contributed by atoms with Gasteiger partial charge in [0.05, 0.1) is 11.4 Å². The lowest BCUT2D eigenvalue weighted by molar-refractivity contribution is -0.148. The molecule has 3 aromatic carbocycles. The van der Waals surface area contributed by atoms with E-state index in [-0.39, 0.29) is 49.8 Å². The summed E-state index contributed by atoms with van der Waals surface area (Å²) in [7, 11) is 3.65. The number of ketones is 1. The summed E-state index contributed by atoms with van der Waals surface area (Å²) in [5.41, 5.74) is 6.45. The lowest BCUT2D eigenvalue weighted by Gasteiger charge is -2.43. The fourth-order valence-corrected chi connectivity index (χ4v) is 9.83. The van der Waals surface area contributed by atoms with Crippen LogP contribution in [-0.4, -0.2) is 143 Å². The van der Waals surface area contributed by atoms with Crippen molar-refractivity contribution in [2.75, 3.05) is 73.0 Å². The van der Waals surface area contributed by atoms with Gasteiger partial charge >= 0.3 is 12.1 Å². The molecular weight excluding hydrogens is 811 g/mol. The van der Waals surface area contributed by atoms with Gasteiger partial charge in [-0.2, -0.15) is 5.10 Å². The molecule has 64 heavy (non-hydrogen) atoms. The second-order valence-electron chi connectivity index (χ2n) is 18.1. The lowest BCUT2D eigenvalue weighted by atomic mass is 9.80. The highest BCUT2D eigenvalue weighted by molar-refractivity contribution is 6.04. The molecule has 14 heteroatoms. The number of amides is 3. The van der Waals surface area contributed by atoms with Gasteiger partial charge in [-0.1, -0.05) is 60.7 Å². The molecule has 14 nitrogen and oxygen atoms in total. The average Bonchev–Trinajstić information content (AvgIpc) is 3.74. The van der Waals surface area contributed by atoms with Crippen molar-refractivity contribution in [3.63, 3.8) is 0 Å². The molecule has 0 unspecified atom stereocenters. The molecule has 0 bridgehead atoms. The predicted octanol–water partition coefficient (Wildman–Crippen LogP) is 5.35. The van der Waals surface area contributed by atoms with Crippen LogP contribution in [0.2, 0.25) is 0 Å². The summed E-state index contributed by atoms with van der Waals surface area (Å²) in [6.45, 7) is 7.85. The van der Waals surface area contributed by atoms with Crippen LogP contribution in [0.5, 0.6) is 0 Å². The van der Waals surface area contributed by atoms with Gasteiger partial charge < -0.3 is 29.1 Å². The van der Waals surface area contributed by atoms with E-state index in [0.717, 1.165) is 101 Å². The van der Waals surface area contributed by atoms with Gasteiger partial charge in [-0.05, 0) is 111 Å². The minimum absolute atomic E-state index is 0.0113. The number of aryl methyl sites for hydroxylation is 1. The highest BCUT2D eigenvalue weighted by Gasteiger charge is 2.35. The summed E-state index contributed by atoms with van der Waals surface area (Å²) in [4.78, 5) is 77.0. The molecular formula is C50H61N7O7. The summed E-state index contributed by atoms with van der Waals surface area (Å²) in [5, 5.41) is 5.50. The molecule has 4 aliphatic rings. The maximum atomic E-state index is 14.6. The Morgan fingerprint density at radius 1 is 0.828 bits per heavy atom. The number of carbonyl (C=O) groups is 5. The summed E-state index contributed by atoms with van der Waals surface area (Å²) < 4.78 is 12.3. The van der Waals surface area contributed by atoms with Gasteiger partial charge in [0.25, 0.3) is 0 Å². The van der Waals surface area contributed by atoms with Crippen LogP contribution in [0.25, 0.3) is 17.0 Å². The number of likely N-dealkylation sites (N-methyl/N-ethyl adjacent to an activating group) is 1. The third kappa shape index (κ3) is 10.9. The average molecular weight is 872 g/mol. The number of likely N-dealkylation sites (tertiary alicyclic amines) is 2. The highest BCUT2D eigenvalue weighted by atomic mass is 16.6. The fourth-order valence-electron chi connectivity index (χ4n) is 9.83. The van der Waals surface area contributed by atoms with E-state index in [9.17, 15) is 24.0 Å². The molecule has 4 heterocycles. The quantitative estimate of drug-likeness (QED) is 0.162. The van der Waals surface area contributed by atoms with E-state index in [1.807, 2.05) is 83.5 Å². The summed E-state index contributed by atoms with van der Waals surface area (Å²) in [5.74, 6) is -0.897. The van der Waals surface area contributed by atoms with Crippen LogP contribution in [0, 0.1) is 18.8 Å². The monoisotopic (exact) mass is 871 g/mol. The Balaban J connectivity index is 0.908. The molecule has 4 aromatic rings. The number of aromatic nitrogens is 2. The SMILES string of the molecule is Cc1cc(C[C@@H](CC(=O)N2CCC(C3=Cc4ccccc4CC3=O)CC2)C(=O)N2CCN(C3CCN(C)CC3)CC2)cc2cn(COC(=O)CN(C)C(=O)OCc3ccccc3)nc12. The van der Waals surface area contributed by atoms with E-state index in [1.54, 1.807) is 10.9 Å². The first-order valence-electron chi connectivity index (χ1n) is 22.8. The molecule has 1 aromatic heterocycles. The molecule has 3 amide bonds. The van der Waals surface area contributed by atoms with Crippen molar-refractivity contribution in [3.05, 3.63) is 106 Å². The molecule has 3 fully saturated rings. The summed E-state index contributed by atoms with van der Waals surface area (Å²) in [6, 6.07) is 21.9. The Labute approximate surface area is 375 Å². The third-order valence-electron chi connectivity index (χ3n) is 13.6. The number of carbonyl (C=O) groups excluding carboxylic acids is 5. The summed E-state index contributed by atoms with van der Waals surface area (Å²) >= 11 is 0. The topological polar surface area (TPSA) is 138 Å². The first kappa shape index (κ1) is 44.7. The smallest absolute Gasteiger partial charge is 0.410 e. The number of Topliss-reactive ketones (excluding diaryl/α,β-unsaturated/α-hetero) is 1. The van der Waals surface area contributed by atoms with Crippen molar-refractivity contribution in [1.29, 1.82) is 0 Å². The first-order valence-corrected chi connectivity index (χ1v) is 22.8. The number of hydrogen-bond donors (Lipinski definition) is 0. The number of piperidine rings is 2. The molecule has 0 saturated carbocycles. The minimum Gasteiger partial charge on any atom is -0.445 e. The van der Waals surface area contributed by atoms with Crippen molar-refractivity contribution in [1.82, 2.24) is 34.3 Å². The number of esters is 1. The molecule has 0 N–H and O–H groups in total. The van der Waals surface area contributed by atoms with Crippen molar-refractivity contribution < 1.29 is 33.4 Å². The van der Waals surface area contributed by atoms with E-state index in [4.69, 9.17) is 9.47 Å². The standard InChI is InChI=1S/C50H61N7O7/c1-35-25-37(27-42-31-57(51-48(35)42)34-64-47(60)32-53(3)50(62)63-33-36-9-5-4-6-10-36)26-41(49(61)56-23-21-54(22-24-56)43-15-17-52(2)18-16-43)30-46(59)55-19-13-38(14-20-55)44-28-39-11-7-8-12-40(39)29-45(44)58/h4-12,25,27-28,31,38,41,43H,13-24,26,29-30,32-34H2,1-3H3/t41-/m0/s1. The van der Waals surface area contributed by atoms with Crippen LogP contribution in [0.4, 0.5) is 4.79 Å². The molecule has 1 atom stereocenters. The second kappa shape index (κ2) is 20.3. The van der Waals surface area contributed by atoms with E-state index >= 15 is 0 Å². The van der Waals surface area contributed by atoms with Gasteiger partial charge in [0, 0.05) is 76.8 Å². The Kier molecular flexibility index (Phi) is 14.2. The number of fused-ring (bicyclic) bond motifs is 2. The molecule has 338 valence electrons. The number of rotatable bonds is 13. The van der Waals surface area contributed by atoms with Gasteiger partial charge in [-0.15, -0.1) is 0 Å². The molecule has 3 aliphatic heterocycles. The Morgan fingerprint density at radius 2 is 1.55 bits per heavy atom. The van der Waals surface area contributed by atoms with Gasteiger partial charge in [0.1, 0.15) is 13.2 Å².